The van der Waals surface area contributed by atoms with Gasteiger partial charge < -0.3 is 19.5 Å². The summed E-state index contributed by atoms with van der Waals surface area (Å²) in [4.78, 5) is 35.9. The molecule has 3 heterocycles. The number of ether oxygens (including phenoxy) is 2. The molecule has 0 saturated carbocycles. The largest absolute Gasteiger partial charge is 0.507 e. The van der Waals surface area contributed by atoms with Crippen LogP contribution in [0.5, 0.6) is 11.5 Å². The van der Waals surface area contributed by atoms with Crippen molar-refractivity contribution in [3.05, 3.63) is 89.5 Å². The molecule has 162 valence electrons. The van der Waals surface area contributed by atoms with Gasteiger partial charge in [-0.25, -0.2) is 0 Å². The Labute approximate surface area is 184 Å². The first kappa shape index (κ1) is 21.0. The van der Waals surface area contributed by atoms with E-state index in [4.69, 9.17) is 9.47 Å². The van der Waals surface area contributed by atoms with Gasteiger partial charge >= 0.3 is 0 Å². The molecule has 0 aliphatic carbocycles. The number of aromatic nitrogens is 2. The number of amides is 1. The molecule has 1 atom stereocenters. The maximum Gasteiger partial charge on any atom is 0.296 e. The fourth-order valence-corrected chi connectivity index (χ4v) is 3.72. The molecule has 2 aromatic heterocycles. The molecule has 0 spiro atoms. The minimum atomic E-state index is -0.875. The van der Waals surface area contributed by atoms with Crippen molar-refractivity contribution >= 4 is 17.4 Å². The van der Waals surface area contributed by atoms with E-state index in [1.807, 2.05) is 0 Å². The summed E-state index contributed by atoms with van der Waals surface area (Å²) in [6.07, 6.45) is 4.81. The van der Waals surface area contributed by atoms with Crippen LogP contribution in [0.15, 0.2) is 72.7 Å². The zero-order valence-electron chi connectivity index (χ0n) is 17.6. The van der Waals surface area contributed by atoms with Crippen molar-refractivity contribution in [1.29, 1.82) is 0 Å². The molecule has 1 aliphatic heterocycles. The molecular formula is C24H21N3O5. The molecule has 1 aromatic carbocycles. The molecular weight excluding hydrogens is 410 g/mol. The molecule has 32 heavy (non-hydrogen) atoms. The SMILES string of the molecule is COc1ccc(OC)c(/C(O)=C2\C(=O)C(=O)N(Cc3ccncc3)C2c2ccccn2)c1. The van der Waals surface area contributed by atoms with Gasteiger partial charge in [0.15, 0.2) is 0 Å². The number of rotatable bonds is 6. The van der Waals surface area contributed by atoms with Gasteiger partial charge in [-0.1, -0.05) is 6.07 Å². The highest BCUT2D eigenvalue weighted by Crippen LogP contribution is 2.41. The molecule has 0 radical (unpaired) electrons. The van der Waals surface area contributed by atoms with Crippen LogP contribution in [0.3, 0.4) is 0 Å². The minimum Gasteiger partial charge on any atom is -0.507 e. The molecule has 4 rings (SSSR count). The third-order valence-corrected chi connectivity index (χ3v) is 5.27. The third-order valence-electron chi connectivity index (χ3n) is 5.27. The van der Waals surface area contributed by atoms with Crippen molar-refractivity contribution in [3.63, 3.8) is 0 Å². The Morgan fingerprint density at radius 2 is 1.81 bits per heavy atom. The lowest BCUT2D eigenvalue weighted by Gasteiger charge is -2.24. The van der Waals surface area contributed by atoms with Crippen LogP contribution in [0.25, 0.3) is 5.76 Å². The first-order chi connectivity index (χ1) is 15.5. The van der Waals surface area contributed by atoms with Gasteiger partial charge in [0.05, 0.1) is 31.1 Å². The molecule has 1 aliphatic rings. The first-order valence-corrected chi connectivity index (χ1v) is 9.85. The van der Waals surface area contributed by atoms with Crippen LogP contribution in [-0.2, 0) is 16.1 Å². The second kappa shape index (κ2) is 8.89. The number of likely N-dealkylation sites (tertiary alicyclic amines) is 1. The van der Waals surface area contributed by atoms with E-state index in [0.29, 0.717) is 17.2 Å². The van der Waals surface area contributed by atoms with Gasteiger partial charge in [-0.05, 0) is 48.0 Å². The summed E-state index contributed by atoms with van der Waals surface area (Å²) >= 11 is 0. The summed E-state index contributed by atoms with van der Waals surface area (Å²) in [6, 6.07) is 12.7. The molecule has 8 heteroatoms. The summed E-state index contributed by atoms with van der Waals surface area (Å²) in [5.74, 6) is -1.07. The highest BCUT2D eigenvalue weighted by atomic mass is 16.5. The summed E-state index contributed by atoms with van der Waals surface area (Å²) in [6.45, 7) is 0.153. The van der Waals surface area contributed by atoms with E-state index < -0.39 is 17.7 Å². The summed E-state index contributed by atoms with van der Waals surface area (Å²) < 4.78 is 10.6. The Kier molecular flexibility index (Phi) is 5.85. The normalized spacial score (nSPS) is 17.4. The molecule has 8 nitrogen and oxygen atoms in total. The number of nitrogens with zero attached hydrogens (tertiary/aromatic N) is 3. The number of ketones is 1. The Morgan fingerprint density at radius 3 is 2.47 bits per heavy atom. The smallest absolute Gasteiger partial charge is 0.296 e. The summed E-state index contributed by atoms with van der Waals surface area (Å²) in [7, 11) is 2.95. The Balaban J connectivity index is 1.90. The minimum absolute atomic E-state index is 0.0608. The predicted molar refractivity (Wildman–Crippen MR) is 116 cm³/mol. The maximum atomic E-state index is 13.1. The van der Waals surface area contributed by atoms with Crippen molar-refractivity contribution in [2.45, 2.75) is 12.6 Å². The van der Waals surface area contributed by atoms with Gasteiger partial charge in [0.2, 0.25) is 0 Å². The first-order valence-electron chi connectivity index (χ1n) is 9.85. The number of hydrogen-bond donors (Lipinski definition) is 1. The number of aliphatic hydroxyl groups is 1. The van der Waals surface area contributed by atoms with Crippen LogP contribution >= 0.6 is 0 Å². The van der Waals surface area contributed by atoms with Crippen molar-refractivity contribution in [3.8, 4) is 11.5 Å². The zero-order chi connectivity index (χ0) is 22.7. The number of benzene rings is 1. The summed E-state index contributed by atoms with van der Waals surface area (Å²) in [5.41, 5.74) is 1.44. The van der Waals surface area contributed by atoms with Gasteiger partial charge in [-0.3, -0.25) is 19.6 Å². The molecule has 1 fully saturated rings. The van der Waals surface area contributed by atoms with Gasteiger partial charge in [0, 0.05) is 25.1 Å². The number of carbonyl (C=O) groups excluding carboxylic acids is 2. The molecule has 3 aromatic rings. The lowest BCUT2D eigenvalue weighted by atomic mass is 9.97. The van der Waals surface area contributed by atoms with Gasteiger partial charge in [0.25, 0.3) is 11.7 Å². The number of hydrogen-bond acceptors (Lipinski definition) is 7. The standard InChI is InChI=1S/C24H21N3O5/c1-31-16-6-7-19(32-2)17(13-16)22(28)20-21(18-5-3-4-10-26-18)27(24(30)23(20)29)14-15-8-11-25-12-9-15/h3-13,21,28H,14H2,1-2H3/b22-20+. The van der Waals surface area contributed by atoms with E-state index >= 15 is 0 Å². The second-order valence-electron chi connectivity index (χ2n) is 7.10. The number of Topliss-reactive ketones (excluding diaryl/α,β-unsaturated/α-hetero) is 1. The van der Waals surface area contributed by atoms with E-state index in [0.717, 1.165) is 5.56 Å². The number of carbonyl (C=O) groups is 2. The van der Waals surface area contributed by atoms with E-state index in [2.05, 4.69) is 9.97 Å². The Hall–Kier alpha value is -4.20. The van der Waals surface area contributed by atoms with Crippen LogP contribution in [0.1, 0.15) is 22.9 Å². The number of methoxy groups -OCH3 is 2. The quantitative estimate of drug-likeness (QED) is 0.363. The van der Waals surface area contributed by atoms with Crippen LogP contribution in [0, 0.1) is 0 Å². The second-order valence-corrected chi connectivity index (χ2v) is 7.10. The van der Waals surface area contributed by atoms with Gasteiger partial charge in [-0.2, -0.15) is 0 Å². The summed E-state index contributed by atoms with van der Waals surface area (Å²) in [5, 5.41) is 11.3. The average molecular weight is 431 g/mol. The van der Waals surface area contributed by atoms with E-state index in [1.54, 1.807) is 67.1 Å². The predicted octanol–water partition coefficient (Wildman–Crippen LogP) is 3.12. The van der Waals surface area contributed by atoms with Crippen molar-refractivity contribution < 1.29 is 24.2 Å². The van der Waals surface area contributed by atoms with Gasteiger partial charge in [-0.15, -0.1) is 0 Å². The number of pyridine rings is 2. The van der Waals surface area contributed by atoms with Crippen LogP contribution in [0.4, 0.5) is 0 Å². The van der Waals surface area contributed by atoms with Crippen LogP contribution in [0.2, 0.25) is 0 Å². The monoisotopic (exact) mass is 431 g/mol. The van der Waals surface area contributed by atoms with Crippen LogP contribution < -0.4 is 9.47 Å². The van der Waals surface area contributed by atoms with Crippen molar-refractivity contribution in [2.24, 2.45) is 0 Å². The fraction of sp³-hybridized carbons (Fsp3) is 0.167. The van der Waals surface area contributed by atoms with Crippen molar-refractivity contribution in [2.75, 3.05) is 14.2 Å². The molecule has 1 saturated heterocycles. The van der Waals surface area contributed by atoms with E-state index in [9.17, 15) is 14.7 Å². The molecule has 1 amide bonds. The molecule has 1 N–H and O–H groups in total. The van der Waals surface area contributed by atoms with Gasteiger partial charge in [0.1, 0.15) is 23.3 Å². The van der Waals surface area contributed by atoms with E-state index in [-0.39, 0.29) is 23.4 Å². The lowest BCUT2D eigenvalue weighted by molar-refractivity contribution is -0.140. The Bertz CT molecular complexity index is 1180. The lowest BCUT2D eigenvalue weighted by Crippen LogP contribution is -2.29. The highest BCUT2D eigenvalue weighted by molar-refractivity contribution is 6.46. The fourth-order valence-electron chi connectivity index (χ4n) is 3.72. The molecule has 0 bridgehead atoms. The van der Waals surface area contributed by atoms with Crippen molar-refractivity contribution in [1.82, 2.24) is 14.9 Å². The van der Waals surface area contributed by atoms with E-state index in [1.165, 1.54) is 19.1 Å². The third kappa shape index (κ3) is 3.78. The highest BCUT2D eigenvalue weighted by Gasteiger charge is 2.47. The zero-order valence-corrected chi connectivity index (χ0v) is 17.6. The average Bonchev–Trinajstić information content (AvgIpc) is 3.09. The molecule has 1 unspecified atom stereocenters. The maximum absolute atomic E-state index is 13.1. The number of aliphatic hydroxyl groups excluding tert-OH is 1. The topological polar surface area (TPSA) is 102 Å². The Morgan fingerprint density at radius 1 is 1.03 bits per heavy atom. The van der Waals surface area contributed by atoms with Crippen LogP contribution in [-0.4, -0.2) is 45.9 Å².